The summed E-state index contributed by atoms with van der Waals surface area (Å²) >= 11 is 0. The fourth-order valence-electron chi connectivity index (χ4n) is 3.12. The zero-order valence-corrected chi connectivity index (χ0v) is 15.1. The summed E-state index contributed by atoms with van der Waals surface area (Å²) in [6.07, 6.45) is 20.2. The molecule has 0 saturated carbocycles. The molecule has 0 radical (unpaired) electrons. The lowest BCUT2D eigenvalue weighted by molar-refractivity contribution is 0.392. The normalized spacial score (nSPS) is 14.4. The molecule has 0 spiro atoms. The first-order valence-electron chi connectivity index (χ1n) is 9.70. The first kappa shape index (κ1) is 20.0. The van der Waals surface area contributed by atoms with Gasteiger partial charge in [0.2, 0.25) is 0 Å². The summed E-state index contributed by atoms with van der Waals surface area (Å²) in [7, 11) is 0. The van der Waals surface area contributed by atoms with Crippen molar-refractivity contribution in [1.82, 2.24) is 0 Å². The molecule has 2 atom stereocenters. The lowest BCUT2D eigenvalue weighted by atomic mass is 9.92. The molecule has 0 nitrogen and oxygen atoms in total. The van der Waals surface area contributed by atoms with Gasteiger partial charge in [0, 0.05) is 0 Å². The van der Waals surface area contributed by atoms with Crippen molar-refractivity contribution in [1.29, 1.82) is 0 Å². The fraction of sp³-hybridized carbons (Fsp3) is 1.00. The zero-order chi connectivity index (χ0) is 15.1. The Hall–Kier alpha value is 0. The summed E-state index contributed by atoms with van der Waals surface area (Å²) < 4.78 is 0. The van der Waals surface area contributed by atoms with Crippen LogP contribution >= 0.6 is 0 Å². The third kappa shape index (κ3) is 14.4. The summed E-state index contributed by atoms with van der Waals surface area (Å²) in [6, 6.07) is 0. The van der Waals surface area contributed by atoms with E-state index in [9.17, 15) is 0 Å². The molecular formula is C20H42. The average Bonchev–Trinajstić information content (AvgIpc) is 2.43. The maximum absolute atomic E-state index is 2.46. The highest BCUT2D eigenvalue weighted by atomic mass is 14.1. The van der Waals surface area contributed by atoms with Gasteiger partial charge < -0.3 is 0 Å². The van der Waals surface area contributed by atoms with Gasteiger partial charge in [-0.05, 0) is 11.8 Å². The quantitative estimate of drug-likeness (QED) is 0.269. The van der Waals surface area contributed by atoms with Gasteiger partial charge in [0.05, 0.1) is 0 Å². The van der Waals surface area contributed by atoms with E-state index < -0.39 is 0 Å². The van der Waals surface area contributed by atoms with Gasteiger partial charge in [-0.2, -0.15) is 0 Å². The topological polar surface area (TPSA) is 0 Å². The van der Waals surface area contributed by atoms with Crippen molar-refractivity contribution >= 4 is 0 Å². The predicted molar refractivity (Wildman–Crippen MR) is 94.3 cm³/mol. The van der Waals surface area contributed by atoms with E-state index in [1.165, 1.54) is 89.9 Å². The molecule has 0 fully saturated rings. The summed E-state index contributed by atoms with van der Waals surface area (Å²) in [5, 5.41) is 0. The number of hydrogen-bond acceptors (Lipinski definition) is 0. The van der Waals surface area contributed by atoms with E-state index in [0.717, 1.165) is 11.8 Å². The third-order valence-corrected chi connectivity index (χ3v) is 4.74. The zero-order valence-electron chi connectivity index (χ0n) is 15.1. The maximum atomic E-state index is 2.46. The van der Waals surface area contributed by atoms with Crippen molar-refractivity contribution in [2.45, 2.75) is 118 Å². The lowest BCUT2D eigenvalue weighted by Crippen LogP contribution is -1.99. The molecule has 0 aliphatic carbocycles. The summed E-state index contributed by atoms with van der Waals surface area (Å²) in [5.74, 6) is 1.92. The van der Waals surface area contributed by atoms with Crippen LogP contribution in [-0.2, 0) is 0 Å². The van der Waals surface area contributed by atoms with Gasteiger partial charge in [0.25, 0.3) is 0 Å². The van der Waals surface area contributed by atoms with Crippen molar-refractivity contribution in [2.75, 3.05) is 0 Å². The summed E-state index contributed by atoms with van der Waals surface area (Å²) in [4.78, 5) is 0. The number of unbranched alkanes of at least 4 members (excludes halogenated alkanes) is 7. The highest BCUT2D eigenvalue weighted by Crippen LogP contribution is 2.21. The van der Waals surface area contributed by atoms with Crippen LogP contribution in [0, 0.1) is 11.8 Å². The molecule has 0 saturated heterocycles. The second-order valence-corrected chi connectivity index (χ2v) is 7.19. The Kier molecular flexibility index (Phi) is 15.4. The van der Waals surface area contributed by atoms with Crippen molar-refractivity contribution in [3.8, 4) is 0 Å². The van der Waals surface area contributed by atoms with Crippen molar-refractivity contribution in [3.05, 3.63) is 0 Å². The summed E-state index contributed by atoms with van der Waals surface area (Å²) in [5.41, 5.74) is 0. The minimum absolute atomic E-state index is 0.962. The van der Waals surface area contributed by atoms with E-state index in [2.05, 4.69) is 27.7 Å². The second-order valence-electron chi connectivity index (χ2n) is 7.19. The Balaban J connectivity index is 3.30. The van der Waals surface area contributed by atoms with Crippen LogP contribution in [0.4, 0.5) is 0 Å². The smallest absolute Gasteiger partial charge is 0.0443 e. The molecule has 122 valence electrons. The van der Waals surface area contributed by atoms with Crippen LogP contribution in [0.3, 0.4) is 0 Å². The minimum atomic E-state index is 0.962. The van der Waals surface area contributed by atoms with E-state index in [1.54, 1.807) is 0 Å². The van der Waals surface area contributed by atoms with Crippen LogP contribution in [0.25, 0.3) is 0 Å². The van der Waals surface area contributed by atoms with E-state index in [4.69, 9.17) is 0 Å². The Bertz CT molecular complexity index is 173. The standard InChI is InChI=1S/C20H42/c1-5-7-9-11-13-16-20(4)18-14-17-19(3)15-12-10-8-6-2/h19-20H,5-18H2,1-4H3/t19-,20+/m1/s1. The first-order valence-corrected chi connectivity index (χ1v) is 9.70. The van der Waals surface area contributed by atoms with Crippen molar-refractivity contribution < 1.29 is 0 Å². The Morgan fingerprint density at radius 1 is 0.450 bits per heavy atom. The van der Waals surface area contributed by atoms with Gasteiger partial charge >= 0.3 is 0 Å². The number of hydrogen-bond donors (Lipinski definition) is 0. The Labute approximate surface area is 130 Å². The van der Waals surface area contributed by atoms with Crippen molar-refractivity contribution in [3.63, 3.8) is 0 Å². The minimum Gasteiger partial charge on any atom is -0.0654 e. The van der Waals surface area contributed by atoms with Crippen LogP contribution in [0.15, 0.2) is 0 Å². The highest BCUT2D eigenvalue weighted by molar-refractivity contribution is 4.59. The van der Waals surface area contributed by atoms with Crippen LogP contribution in [-0.4, -0.2) is 0 Å². The third-order valence-electron chi connectivity index (χ3n) is 4.74. The van der Waals surface area contributed by atoms with Gasteiger partial charge in [-0.25, -0.2) is 0 Å². The predicted octanol–water partition coefficient (Wildman–Crippen LogP) is 7.76. The first-order chi connectivity index (χ1) is 9.70. The second kappa shape index (κ2) is 15.4. The molecule has 0 rings (SSSR count). The van der Waals surface area contributed by atoms with Crippen LogP contribution in [0.1, 0.15) is 118 Å². The monoisotopic (exact) mass is 282 g/mol. The van der Waals surface area contributed by atoms with Gasteiger partial charge in [-0.15, -0.1) is 0 Å². The van der Waals surface area contributed by atoms with Gasteiger partial charge in [-0.1, -0.05) is 118 Å². The van der Waals surface area contributed by atoms with Gasteiger partial charge in [0.15, 0.2) is 0 Å². The van der Waals surface area contributed by atoms with Crippen LogP contribution in [0.2, 0.25) is 0 Å². The number of rotatable bonds is 15. The summed E-state index contributed by atoms with van der Waals surface area (Å²) in [6.45, 7) is 9.52. The molecule has 20 heavy (non-hydrogen) atoms. The maximum Gasteiger partial charge on any atom is -0.0443 e. The van der Waals surface area contributed by atoms with Crippen LogP contribution < -0.4 is 0 Å². The fourth-order valence-corrected chi connectivity index (χ4v) is 3.12. The molecule has 0 heterocycles. The molecule has 0 aliphatic heterocycles. The average molecular weight is 283 g/mol. The van der Waals surface area contributed by atoms with E-state index in [0.29, 0.717) is 0 Å². The Morgan fingerprint density at radius 3 is 1.25 bits per heavy atom. The largest absolute Gasteiger partial charge is 0.0654 e. The molecule has 0 bridgehead atoms. The molecule has 0 aliphatic rings. The molecule has 0 heteroatoms. The Morgan fingerprint density at radius 2 is 0.800 bits per heavy atom. The van der Waals surface area contributed by atoms with Gasteiger partial charge in [0.1, 0.15) is 0 Å². The molecule has 0 unspecified atom stereocenters. The molecule has 0 amide bonds. The van der Waals surface area contributed by atoms with Crippen molar-refractivity contribution in [2.24, 2.45) is 11.8 Å². The molecule has 0 N–H and O–H groups in total. The van der Waals surface area contributed by atoms with Gasteiger partial charge in [-0.3, -0.25) is 0 Å². The van der Waals surface area contributed by atoms with E-state index in [-0.39, 0.29) is 0 Å². The molecule has 0 aromatic carbocycles. The van der Waals surface area contributed by atoms with Crippen LogP contribution in [0.5, 0.6) is 0 Å². The molecule has 0 aromatic rings. The SMILES string of the molecule is CCCCCCC[C@H](C)CCC[C@H](C)CCCCCC. The molecule has 0 aromatic heterocycles. The van der Waals surface area contributed by atoms with E-state index >= 15 is 0 Å². The highest BCUT2D eigenvalue weighted by Gasteiger charge is 2.05. The van der Waals surface area contributed by atoms with E-state index in [1.807, 2.05) is 0 Å². The molecular weight excluding hydrogens is 240 g/mol. The lowest BCUT2D eigenvalue weighted by Gasteiger charge is -2.14.